The first-order valence-electron chi connectivity index (χ1n) is 8.30. The third-order valence-electron chi connectivity index (χ3n) is 4.95. The molecule has 2 heterocycles. The van der Waals surface area contributed by atoms with Crippen LogP contribution in [0.1, 0.15) is 33.7 Å². The SMILES string of the molecule is Cc1ccccc1-n1nc(C(=O)N2C[C@@H](F)[C@@H](F)C2)c2c1CCC2. The molecule has 0 unspecified atom stereocenters. The number of halogens is 2. The van der Waals surface area contributed by atoms with Gasteiger partial charge in [0.25, 0.3) is 5.91 Å². The van der Waals surface area contributed by atoms with Gasteiger partial charge in [0, 0.05) is 11.3 Å². The molecule has 1 saturated heterocycles. The van der Waals surface area contributed by atoms with Crippen molar-refractivity contribution in [3.05, 3.63) is 46.8 Å². The van der Waals surface area contributed by atoms with E-state index in [0.29, 0.717) is 5.69 Å². The van der Waals surface area contributed by atoms with Crippen molar-refractivity contribution >= 4 is 5.91 Å². The van der Waals surface area contributed by atoms with Gasteiger partial charge in [0.15, 0.2) is 18.0 Å². The van der Waals surface area contributed by atoms with Gasteiger partial charge in [0.1, 0.15) is 0 Å². The fourth-order valence-corrected chi connectivity index (χ4v) is 3.65. The molecule has 1 aliphatic heterocycles. The highest BCUT2D eigenvalue weighted by Crippen LogP contribution is 2.30. The van der Waals surface area contributed by atoms with E-state index in [0.717, 1.165) is 41.8 Å². The van der Waals surface area contributed by atoms with Crippen LogP contribution >= 0.6 is 0 Å². The van der Waals surface area contributed by atoms with Gasteiger partial charge in [-0.3, -0.25) is 4.79 Å². The summed E-state index contributed by atoms with van der Waals surface area (Å²) in [7, 11) is 0. The maximum Gasteiger partial charge on any atom is 0.274 e. The van der Waals surface area contributed by atoms with E-state index in [4.69, 9.17) is 0 Å². The number of rotatable bonds is 2. The Morgan fingerprint density at radius 1 is 1.17 bits per heavy atom. The summed E-state index contributed by atoms with van der Waals surface area (Å²) < 4.78 is 28.7. The largest absolute Gasteiger partial charge is 0.331 e. The molecule has 1 fully saturated rings. The minimum absolute atomic E-state index is 0.188. The summed E-state index contributed by atoms with van der Waals surface area (Å²) in [5.74, 6) is -0.358. The molecule has 2 atom stereocenters. The first kappa shape index (κ1) is 15.3. The van der Waals surface area contributed by atoms with E-state index in [2.05, 4.69) is 5.10 Å². The van der Waals surface area contributed by atoms with E-state index in [-0.39, 0.29) is 19.0 Å². The zero-order valence-electron chi connectivity index (χ0n) is 13.5. The molecular weight excluding hydrogens is 312 g/mol. The van der Waals surface area contributed by atoms with Gasteiger partial charge >= 0.3 is 0 Å². The van der Waals surface area contributed by atoms with Crippen LogP contribution in [0.5, 0.6) is 0 Å². The highest BCUT2D eigenvalue weighted by Gasteiger charge is 2.38. The second-order valence-corrected chi connectivity index (χ2v) is 6.57. The highest BCUT2D eigenvalue weighted by atomic mass is 19.2. The summed E-state index contributed by atoms with van der Waals surface area (Å²) in [5.41, 5.74) is 4.35. The van der Waals surface area contributed by atoms with Crippen LogP contribution in [0.2, 0.25) is 0 Å². The quantitative estimate of drug-likeness (QED) is 0.849. The van der Waals surface area contributed by atoms with Gasteiger partial charge in [-0.25, -0.2) is 13.5 Å². The second-order valence-electron chi connectivity index (χ2n) is 6.57. The lowest BCUT2D eigenvalue weighted by atomic mass is 10.1. The van der Waals surface area contributed by atoms with Crippen molar-refractivity contribution in [2.24, 2.45) is 0 Å². The van der Waals surface area contributed by atoms with Crippen LogP contribution in [0.25, 0.3) is 5.69 Å². The summed E-state index contributed by atoms with van der Waals surface area (Å²) in [6.45, 7) is 1.62. The van der Waals surface area contributed by atoms with Crippen LogP contribution in [-0.2, 0) is 12.8 Å². The van der Waals surface area contributed by atoms with Crippen molar-refractivity contribution in [2.45, 2.75) is 38.5 Å². The number of likely N-dealkylation sites (tertiary alicyclic amines) is 1. The Labute approximate surface area is 139 Å². The Morgan fingerprint density at radius 3 is 2.58 bits per heavy atom. The number of aryl methyl sites for hydroxylation is 1. The lowest BCUT2D eigenvalue weighted by Gasteiger charge is -2.14. The van der Waals surface area contributed by atoms with Crippen molar-refractivity contribution in [3.63, 3.8) is 0 Å². The number of nitrogens with zero attached hydrogens (tertiary/aromatic N) is 3. The maximum absolute atomic E-state index is 13.4. The average molecular weight is 331 g/mol. The Morgan fingerprint density at radius 2 is 1.88 bits per heavy atom. The predicted molar refractivity (Wildman–Crippen MR) is 86.0 cm³/mol. The minimum atomic E-state index is -1.60. The molecular formula is C18H19F2N3O. The van der Waals surface area contributed by atoms with E-state index < -0.39 is 12.3 Å². The van der Waals surface area contributed by atoms with Gasteiger partial charge in [0.2, 0.25) is 0 Å². The van der Waals surface area contributed by atoms with Gasteiger partial charge < -0.3 is 4.90 Å². The van der Waals surface area contributed by atoms with Crippen LogP contribution < -0.4 is 0 Å². The molecule has 6 heteroatoms. The summed E-state index contributed by atoms with van der Waals surface area (Å²) in [4.78, 5) is 14.0. The van der Waals surface area contributed by atoms with Crippen molar-refractivity contribution < 1.29 is 13.6 Å². The van der Waals surface area contributed by atoms with Crippen molar-refractivity contribution in [1.82, 2.24) is 14.7 Å². The van der Waals surface area contributed by atoms with Crippen molar-refractivity contribution in [3.8, 4) is 5.69 Å². The summed E-state index contributed by atoms with van der Waals surface area (Å²) >= 11 is 0. The van der Waals surface area contributed by atoms with Crippen LogP contribution in [0.4, 0.5) is 8.78 Å². The van der Waals surface area contributed by atoms with Crippen LogP contribution in [0.3, 0.4) is 0 Å². The fraction of sp³-hybridized carbons (Fsp3) is 0.444. The Balaban J connectivity index is 1.74. The predicted octanol–water partition coefficient (Wildman–Crippen LogP) is 2.80. The molecule has 0 saturated carbocycles. The third kappa shape index (κ3) is 2.32. The maximum atomic E-state index is 13.4. The van der Waals surface area contributed by atoms with E-state index in [9.17, 15) is 13.6 Å². The van der Waals surface area contributed by atoms with Crippen LogP contribution in [0.15, 0.2) is 24.3 Å². The number of amides is 1. The summed E-state index contributed by atoms with van der Waals surface area (Å²) in [6, 6.07) is 7.87. The van der Waals surface area contributed by atoms with Gasteiger partial charge in [-0.2, -0.15) is 5.10 Å². The molecule has 4 nitrogen and oxygen atoms in total. The molecule has 24 heavy (non-hydrogen) atoms. The average Bonchev–Trinajstić information content (AvgIpc) is 3.24. The highest BCUT2D eigenvalue weighted by molar-refractivity contribution is 5.94. The van der Waals surface area contributed by atoms with Crippen LogP contribution in [0, 0.1) is 6.92 Å². The number of hydrogen-bond acceptors (Lipinski definition) is 2. The molecule has 4 rings (SSSR count). The first-order valence-corrected chi connectivity index (χ1v) is 8.30. The number of benzene rings is 1. The molecule has 1 aliphatic carbocycles. The molecule has 2 aromatic rings. The van der Waals surface area contributed by atoms with Crippen molar-refractivity contribution in [2.75, 3.05) is 13.1 Å². The van der Waals surface area contributed by atoms with Gasteiger partial charge in [-0.15, -0.1) is 0 Å². The second kappa shape index (κ2) is 5.69. The number of para-hydroxylation sites is 1. The first-order chi connectivity index (χ1) is 11.6. The molecule has 0 N–H and O–H groups in total. The smallest absolute Gasteiger partial charge is 0.274 e. The van der Waals surface area contributed by atoms with E-state index >= 15 is 0 Å². The van der Waals surface area contributed by atoms with E-state index in [1.165, 1.54) is 4.90 Å². The molecule has 0 bridgehead atoms. The Hall–Kier alpha value is -2.24. The Bertz CT molecular complexity index is 792. The number of carbonyl (C=O) groups excluding carboxylic acids is 1. The zero-order chi connectivity index (χ0) is 16.8. The normalized spacial score (nSPS) is 22.9. The monoisotopic (exact) mass is 331 g/mol. The number of carbonyl (C=O) groups is 1. The standard InChI is InChI=1S/C18H19F2N3O/c1-11-5-2-3-7-15(11)23-16-8-4-6-12(16)17(21-23)18(24)22-9-13(19)14(20)10-22/h2-3,5,7,13-14H,4,6,8-10H2,1H3/t13-,14+. The molecule has 0 spiro atoms. The van der Waals surface area contributed by atoms with Gasteiger partial charge in [0.05, 0.1) is 18.8 Å². The lowest BCUT2D eigenvalue weighted by molar-refractivity contribution is 0.0771. The number of aromatic nitrogens is 2. The number of alkyl halides is 2. The third-order valence-corrected chi connectivity index (χ3v) is 4.95. The van der Waals surface area contributed by atoms with Crippen LogP contribution in [-0.4, -0.2) is 46.0 Å². The lowest BCUT2D eigenvalue weighted by Crippen LogP contribution is -2.30. The molecule has 1 aromatic carbocycles. The molecule has 1 amide bonds. The van der Waals surface area contributed by atoms with Gasteiger partial charge in [-0.05, 0) is 37.8 Å². The van der Waals surface area contributed by atoms with Crippen molar-refractivity contribution in [1.29, 1.82) is 0 Å². The zero-order valence-corrected chi connectivity index (χ0v) is 13.5. The van der Waals surface area contributed by atoms with E-state index in [1.54, 1.807) is 0 Å². The number of fused-ring (bicyclic) bond motifs is 1. The summed E-state index contributed by atoms with van der Waals surface area (Å²) in [6.07, 6.45) is -0.576. The molecule has 2 aliphatic rings. The molecule has 0 radical (unpaired) electrons. The van der Waals surface area contributed by atoms with Gasteiger partial charge in [-0.1, -0.05) is 18.2 Å². The minimum Gasteiger partial charge on any atom is -0.331 e. The topological polar surface area (TPSA) is 38.1 Å². The molecule has 1 aromatic heterocycles. The number of hydrogen-bond donors (Lipinski definition) is 0. The Kier molecular flexibility index (Phi) is 3.62. The molecule has 126 valence electrons. The van der Waals surface area contributed by atoms with E-state index in [1.807, 2.05) is 35.9 Å². The summed E-state index contributed by atoms with van der Waals surface area (Å²) in [5, 5.41) is 4.54. The fourth-order valence-electron chi connectivity index (χ4n) is 3.65.